The molecule has 1 aliphatic rings. The van der Waals surface area contributed by atoms with Gasteiger partial charge in [-0.2, -0.15) is 0 Å². The van der Waals surface area contributed by atoms with Crippen molar-refractivity contribution in [2.24, 2.45) is 10.7 Å². The number of carbonyl (C=O) groups excluding carboxylic acids is 1. The number of nitrogens with two attached hydrogens (primary N) is 1. The number of rotatable bonds is 1. The zero-order chi connectivity index (χ0) is 12.4. The number of hydrogen-bond acceptors (Lipinski definition) is 3. The maximum atomic E-state index is 11.9. The first-order valence-electron chi connectivity index (χ1n) is 4.92. The third-order valence-corrected chi connectivity index (χ3v) is 2.94. The summed E-state index contributed by atoms with van der Waals surface area (Å²) in [5.41, 5.74) is 5.93. The summed E-state index contributed by atoms with van der Waals surface area (Å²) in [4.78, 5) is 17.1. The highest BCUT2D eigenvalue weighted by Crippen LogP contribution is 2.30. The smallest absolute Gasteiger partial charge is 0.328 e. The molecule has 2 amide bonds. The summed E-state index contributed by atoms with van der Waals surface area (Å²) < 4.78 is 0. The molecule has 2 rings (SSSR count). The van der Waals surface area contributed by atoms with Gasteiger partial charge in [-0.25, -0.2) is 4.79 Å². The molecule has 1 aromatic rings. The number of aliphatic imine (C=N–C) groups is 1. The molecule has 1 heterocycles. The second-order valence-electron chi connectivity index (χ2n) is 3.42. The Morgan fingerprint density at radius 2 is 2.00 bits per heavy atom. The minimum atomic E-state index is -0.390. The van der Waals surface area contributed by atoms with E-state index in [1.807, 2.05) is 0 Å². The van der Waals surface area contributed by atoms with Crippen LogP contribution in [0.4, 0.5) is 10.5 Å². The van der Waals surface area contributed by atoms with Crippen LogP contribution in [0, 0.1) is 0 Å². The number of nitrogens with zero attached hydrogens (tertiary/aromatic N) is 2. The number of amides is 2. The number of urea groups is 1. The largest absolute Gasteiger partial charge is 0.369 e. The van der Waals surface area contributed by atoms with E-state index >= 15 is 0 Å². The Hall–Kier alpha value is -1.17. The lowest BCUT2D eigenvalue weighted by Gasteiger charge is -2.17. The van der Waals surface area contributed by atoms with Gasteiger partial charge in [0.05, 0.1) is 28.8 Å². The van der Waals surface area contributed by atoms with Crippen molar-refractivity contribution in [1.29, 1.82) is 0 Å². The number of hydrogen-bond donors (Lipinski definition) is 2. The number of anilines is 1. The summed E-state index contributed by atoms with van der Waals surface area (Å²) in [6, 6.07) is 4.60. The molecule has 0 spiro atoms. The van der Waals surface area contributed by atoms with Crippen molar-refractivity contribution in [1.82, 2.24) is 4.90 Å². The van der Waals surface area contributed by atoms with Gasteiger partial charge in [0, 0.05) is 0 Å². The third-order valence-electron chi connectivity index (χ3n) is 2.31. The van der Waals surface area contributed by atoms with Crippen LogP contribution in [0.2, 0.25) is 10.0 Å². The fourth-order valence-corrected chi connectivity index (χ4v) is 1.95. The number of guanidine groups is 1. The molecule has 8 heteroatoms. The van der Waals surface area contributed by atoms with Crippen LogP contribution >= 0.6 is 35.6 Å². The molecule has 98 valence electrons. The quantitative estimate of drug-likeness (QED) is 0.837. The summed E-state index contributed by atoms with van der Waals surface area (Å²) in [5, 5.41) is 3.36. The van der Waals surface area contributed by atoms with E-state index in [0.717, 1.165) is 0 Å². The molecule has 0 radical (unpaired) electrons. The van der Waals surface area contributed by atoms with Gasteiger partial charge in [-0.3, -0.25) is 9.89 Å². The highest BCUT2D eigenvalue weighted by molar-refractivity contribution is 6.39. The van der Waals surface area contributed by atoms with E-state index < -0.39 is 6.03 Å². The van der Waals surface area contributed by atoms with Crippen LogP contribution in [0.5, 0.6) is 0 Å². The van der Waals surface area contributed by atoms with Crippen molar-refractivity contribution in [3.8, 4) is 0 Å². The number of nitrogens with one attached hydrogen (secondary N) is 1. The SMILES string of the molecule is Cl.NC1=NCCN1C(=O)Nc1c(Cl)cccc1Cl. The Bertz CT molecular complexity index is 472. The van der Waals surface area contributed by atoms with E-state index in [-0.39, 0.29) is 18.4 Å². The second-order valence-corrected chi connectivity index (χ2v) is 4.23. The first-order valence-corrected chi connectivity index (χ1v) is 5.67. The summed E-state index contributed by atoms with van der Waals surface area (Å²) in [5.74, 6) is 0.200. The van der Waals surface area contributed by atoms with Crippen LogP contribution in [-0.4, -0.2) is 30.0 Å². The van der Waals surface area contributed by atoms with E-state index in [0.29, 0.717) is 28.8 Å². The maximum Gasteiger partial charge on any atom is 0.328 e. The molecule has 0 saturated heterocycles. The highest BCUT2D eigenvalue weighted by atomic mass is 35.5. The maximum absolute atomic E-state index is 11.9. The van der Waals surface area contributed by atoms with Crippen molar-refractivity contribution < 1.29 is 4.79 Å². The molecule has 1 aromatic carbocycles. The van der Waals surface area contributed by atoms with E-state index in [9.17, 15) is 4.79 Å². The Balaban J connectivity index is 0.00000162. The van der Waals surface area contributed by atoms with Gasteiger partial charge in [0.15, 0.2) is 5.96 Å². The number of benzene rings is 1. The lowest BCUT2D eigenvalue weighted by atomic mass is 10.3. The van der Waals surface area contributed by atoms with Crippen molar-refractivity contribution in [2.45, 2.75) is 0 Å². The summed E-state index contributed by atoms with van der Waals surface area (Å²) in [7, 11) is 0. The Labute approximate surface area is 120 Å². The molecule has 3 N–H and O–H groups in total. The van der Waals surface area contributed by atoms with Gasteiger partial charge in [0.1, 0.15) is 0 Å². The fourth-order valence-electron chi connectivity index (χ4n) is 1.46. The Morgan fingerprint density at radius 3 is 2.50 bits per heavy atom. The average Bonchev–Trinajstić information content (AvgIpc) is 2.70. The van der Waals surface area contributed by atoms with Gasteiger partial charge in [-0.05, 0) is 12.1 Å². The molecule has 18 heavy (non-hydrogen) atoms. The van der Waals surface area contributed by atoms with E-state index in [1.54, 1.807) is 18.2 Å². The summed E-state index contributed by atoms with van der Waals surface area (Å²) >= 11 is 11.9. The molecule has 0 atom stereocenters. The van der Waals surface area contributed by atoms with Gasteiger partial charge >= 0.3 is 6.03 Å². The lowest BCUT2D eigenvalue weighted by molar-refractivity contribution is 0.236. The van der Waals surface area contributed by atoms with Crippen molar-refractivity contribution in [3.63, 3.8) is 0 Å². The van der Waals surface area contributed by atoms with Crippen molar-refractivity contribution in [3.05, 3.63) is 28.2 Å². The van der Waals surface area contributed by atoms with Crippen LogP contribution in [-0.2, 0) is 0 Å². The van der Waals surface area contributed by atoms with Crippen molar-refractivity contribution >= 4 is 53.3 Å². The van der Waals surface area contributed by atoms with Crippen LogP contribution in [0.15, 0.2) is 23.2 Å². The summed E-state index contributed by atoms with van der Waals surface area (Å²) in [6.07, 6.45) is 0. The number of para-hydroxylation sites is 1. The normalized spacial score (nSPS) is 13.9. The summed E-state index contributed by atoms with van der Waals surface area (Å²) in [6.45, 7) is 0.968. The van der Waals surface area contributed by atoms with Crippen LogP contribution in [0.25, 0.3) is 0 Å². The predicted molar refractivity (Wildman–Crippen MR) is 75.9 cm³/mol. The van der Waals surface area contributed by atoms with E-state index in [4.69, 9.17) is 28.9 Å². The standard InChI is InChI=1S/C10H10Cl2N4O.ClH/c11-6-2-1-3-7(12)8(6)15-10(17)16-5-4-14-9(16)13;/h1-3H,4-5H2,(H2,13,14)(H,15,17);1H. The molecule has 0 aromatic heterocycles. The molecule has 1 aliphatic heterocycles. The van der Waals surface area contributed by atoms with Crippen LogP contribution < -0.4 is 11.1 Å². The van der Waals surface area contributed by atoms with E-state index in [2.05, 4.69) is 10.3 Å². The molecule has 5 nitrogen and oxygen atoms in total. The Morgan fingerprint density at radius 1 is 1.39 bits per heavy atom. The third kappa shape index (κ3) is 2.98. The van der Waals surface area contributed by atoms with Gasteiger partial charge in [0.2, 0.25) is 0 Å². The van der Waals surface area contributed by atoms with Gasteiger partial charge in [0.25, 0.3) is 0 Å². The zero-order valence-electron chi connectivity index (χ0n) is 9.19. The molecule has 0 aliphatic carbocycles. The molecular formula is C10H11Cl3N4O. The number of carbonyl (C=O) groups is 1. The number of halogens is 3. The van der Waals surface area contributed by atoms with Crippen LogP contribution in [0.3, 0.4) is 0 Å². The topological polar surface area (TPSA) is 70.7 Å². The van der Waals surface area contributed by atoms with Gasteiger partial charge in [-0.15, -0.1) is 12.4 Å². The predicted octanol–water partition coefficient (Wildman–Crippen LogP) is 2.58. The molecular weight excluding hydrogens is 298 g/mol. The van der Waals surface area contributed by atoms with Crippen LogP contribution in [0.1, 0.15) is 0 Å². The van der Waals surface area contributed by atoms with Crippen molar-refractivity contribution in [2.75, 3.05) is 18.4 Å². The van der Waals surface area contributed by atoms with Gasteiger partial charge in [-0.1, -0.05) is 29.3 Å². The zero-order valence-corrected chi connectivity index (χ0v) is 11.5. The lowest BCUT2D eigenvalue weighted by Crippen LogP contribution is -2.41. The minimum absolute atomic E-state index is 0. The molecule has 0 bridgehead atoms. The van der Waals surface area contributed by atoms with E-state index in [1.165, 1.54) is 4.90 Å². The van der Waals surface area contributed by atoms with Gasteiger partial charge < -0.3 is 11.1 Å². The highest BCUT2D eigenvalue weighted by Gasteiger charge is 2.22. The second kappa shape index (κ2) is 6.13. The monoisotopic (exact) mass is 308 g/mol. The molecule has 0 fully saturated rings. The fraction of sp³-hybridized carbons (Fsp3) is 0.200. The average molecular weight is 310 g/mol. The first-order chi connectivity index (χ1) is 8.09. The molecule has 0 saturated carbocycles. The Kier molecular flexibility index (Phi) is 5.07. The minimum Gasteiger partial charge on any atom is -0.369 e. The first kappa shape index (κ1) is 14.9. The molecule has 0 unspecified atom stereocenters.